The van der Waals surface area contributed by atoms with Crippen molar-refractivity contribution in [3.8, 4) is 5.75 Å². The molecule has 0 aliphatic heterocycles. The molecule has 0 heterocycles. The Kier molecular flexibility index (Phi) is 7.70. The first kappa shape index (κ1) is 23.5. The lowest BCUT2D eigenvalue weighted by Crippen LogP contribution is -2.60. The van der Waals surface area contributed by atoms with Crippen molar-refractivity contribution in [2.45, 2.75) is 77.0 Å². The summed E-state index contributed by atoms with van der Waals surface area (Å²) >= 11 is 0. The summed E-state index contributed by atoms with van der Waals surface area (Å²) in [5.74, 6) is -0.867. The van der Waals surface area contributed by atoms with Crippen molar-refractivity contribution in [3.05, 3.63) is 29.8 Å². The van der Waals surface area contributed by atoms with E-state index in [1.165, 1.54) is 12.1 Å². The van der Waals surface area contributed by atoms with Gasteiger partial charge in [-0.15, -0.1) is 0 Å². The first-order valence-corrected chi connectivity index (χ1v) is 10.3. The minimum absolute atomic E-state index is 0.113. The van der Waals surface area contributed by atoms with Crippen LogP contribution in [0, 0.1) is 0 Å². The number of carbonyl (C=O) groups is 3. The molecular formula is C22H32N2O6. The number of benzene rings is 1. The van der Waals surface area contributed by atoms with Crippen LogP contribution in [0.15, 0.2) is 24.3 Å². The van der Waals surface area contributed by atoms with Crippen LogP contribution >= 0.6 is 0 Å². The highest BCUT2D eigenvalue weighted by atomic mass is 16.6. The van der Waals surface area contributed by atoms with Crippen molar-refractivity contribution in [1.82, 2.24) is 10.6 Å². The maximum absolute atomic E-state index is 13.2. The van der Waals surface area contributed by atoms with Crippen LogP contribution in [0.1, 0.15) is 58.9 Å². The normalized spacial score (nSPS) is 16.4. The van der Waals surface area contributed by atoms with Gasteiger partial charge in [-0.2, -0.15) is 0 Å². The quantitative estimate of drug-likeness (QED) is 0.585. The molecule has 1 atom stereocenters. The number of nitrogens with one attached hydrogen (secondary N) is 2. The van der Waals surface area contributed by atoms with Crippen molar-refractivity contribution in [2.75, 3.05) is 6.61 Å². The molecule has 0 saturated heterocycles. The van der Waals surface area contributed by atoms with Gasteiger partial charge in [-0.05, 0) is 58.2 Å². The number of esters is 1. The van der Waals surface area contributed by atoms with Crippen LogP contribution in [0.2, 0.25) is 0 Å². The van der Waals surface area contributed by atoms with E-state index in [-0.39, 0.29) is 18.8 Å². The zero-order valence-electron chi connectivity index (χ0n) is 18.1. The molecule has 1 aromatic carbocycles. The number of phenols is 1. The van der Waals surface area contributed by atoms with Crippen molar-refractivity contribution in [3.63, 3.8) is 0 Å². The highest BCUT2D eigenvalue weighted by Gasteiger charge is 2.44. The summed E-state index contributed by atoms with van der Waals surface area (Å²) in [5.41, 5.74) is -1.05. The monoisotopic (exact) mass is 420 g/mol. The SMILES string of the molecule is CCOC(=O)[C@H](Cc1ccc(O)cc1)NC(=O)C1(NC(=O)OC(C)(C)C)CCCC1. The summed E-state index contributed by atoms with van der Waals surface area (Å²) < 4.78 is 10.5. The number of ether oxygens (including phenoxy) is 2. The summed E-state index contributed by atoms with van der Waals surface area (Å²) in [6, 6.07) is 5.47. The maximum atomic E-state index is 13.2. The van der Waals surface area contributed by atoms with Gasteiger partial charge in [-0.25, -0.2) is 9.59 Å². The second kappa shape index (κ2) is 9.82. The fourth-order valence-electron chi connectivity index (χ4n) is 3.49. The average molecular weight is 421 g/mol. The van der Waals surface area contributed by atoms with Gasteiger partial charge in [0, 0.05) is 6.42 Å². The number of amides is 2. The Labute approximate surface area is 177 Å². The molecule has 1 aliphatic rings. The van der Waals surface area contributed by atoms with Gasteiger partial charge in [-0.3, -0.25) is 4.79 Å². The summed E-state index contributed by atoms with van der Waals surface area (Å²) in [6.45, 7) is 7.13. The fraction of sp³-hybridized carbons (Fsp3) is 0.591. The van der Waals surface area contributed by atoms with E-state index in [0.29, 0.717) is 12.8 Å². The van der Waals surface area contributed by atoms with Crippen molar-refractivity contribution in [1.29, 1.82) is 0 Å². The van der Waals surface area contributed by atoms with Gasteiger partial charge in [0.15, 0.2) is 0 Å². The van der Waals surface area contributed by atoms with Gasteiger partial charge in [0.05, 0.1) is 6.61 Å². The Bertz CT molecular complexity index is 748. The Morgan fingerprint density at radius 3 is 2.27 bits per heavy atom. The number of phenolic OH excluding ortho intramolecular Hbond substituents is 1. The van der Waals surface area contributed by atoms with E-state index < -0.39 is 35.2 Å². The van der Waals surface area contributed by atoms with E-state index in [1.54, 1.807) is 39.8 Å². The highest BCUT2D eigenvalue weighted by molar-refractivity contribution is 5.93. The third-order valence-electron chi connectivity index (χ3n) is 4.88. The number of aromatic hydroxyl groups is 1. The standard InChI is InChI=1S/C22H32N2O6/c1-5-29-18(26)17(14-15-8-10-16(25)11-9-15)23-19(27)22(12-6-7-13-22)24-20(28)30-21(2,3)4/h8-11,17,25H,5-7,12-14H2,1-4H3,(H,23,27)(H,24,28)/t17-/m0/s1. The number of carbonyl (C=O) groups excluding carboxylic acids is 3. The molecule has 0 radical (unpaired) electrons. The lowest BCUT2D eigenvalue weighted by atomic mass is 9.95. The number of hydrogen-bond donors (Lipinski definition) is 3. The number of alkyl carbamates (subject to hydrolysis) is 1. The molecule has 0 unspecified atom stereocenters. The first-order valence-electron chi connectivity index (χ1n) is 10.3. The summed E-state index contributed by atoms with van der Waals surface area (Å²) in [5, 5.41) is 15.0. The van der Waals surface area contributed by atoms with Gasteiger partial charge in [0.25, 0.3) is 0 Å². The minimum atomic E-state index is -1.12. The zero-order valence-corrected chi connectivity index (χ0v) is 18.1. The molecule has 2 rings (SSSR count). The molecule has 1 saturated carbocycles. The van der Waals surface area contributed by atoms with Gasteiger partial charge in [-0.1, -0.05) is 25.0 Å². The molecule has 0 aromatic heterocycles. The lowest BCUT2D eigenvalue weighted by molar-refractivity contribution is -0.148. The Morgan fingerprint density at radius 1 is 1.13 bits per heavy atom. The number of rotatable bonds is 7. The largest absolute Gasteiger partial charge is 0.508 e. The summed E-state index contributed by atoms with van der Waals surface area (Å²) in [6.07, 6.45) is 2.04. The molecule has 3 N–H and O–H groups in total. The van der Waals surface area contributed by atoms with Gasteiger partial charge in [0.2, 0.25) is 5.91 Å². The highest BCUT2D eigenvalue weighted by Crippen LogP contribution is 2.30. The molecule has 8 nitrogen and oxygen atoms in total. The van der Waals surface area contributed by atoms with E-state index in [0.717, 1.165) is 18.4 Å². The lowest BCUT2D eigenvalue weighted by Gasteiger charge is -2.32. The van der Waals surface area contributed by atoms with E-state index in [1.807, 2.05) is 0 Å². The van der Waals surface area contributed by atoms with Crippen molar-refractivity contribution >= 4 is 18.0 Å². The van der Waals surface area contributed by atoms with Crippen LogP contribution in [0.25, 0.3) is 0 Å². The zero-order chi connectivity index (χ0) is 22.4. The van der Waals surface area contributed by atoms with E-state index >= 15 is 0 Å². The molecule has 166 valence electrons. The van der Waals surface area contributed by atoms with Crippen molar-refractivity contribution in [2.24, 2.45) is 0 Å². The smallest absolute Gasteiger partial charge is 0.408 e. The molecule has 2 amide bonds. The second-order valence-electron chi connectivity index (χ2n) is 8.56. The fourth-order valence-corrected chi connectivity index (χ4v) is 3.49. The van der Waals surface area contributed by atoms with Crippen LogP contribution < -0.4 is 10.6 Å². The molecule has 8 heteroatoms. The van der Waals surface area contributed by atoms with Crippen LogP contribution in [0.4, 0.5) is 4.79 Å². The Hall–Kier alpha value is -2.77. The Balaban J connectivity index is 2.16. The Morgan fingerprint density at radius 2 is 1.73 bits per heavy atom. The predicted molar refractivity (Wildman–Crippen MR) is 111 cm³/mol. The summed E-state index contributed by atoms with van der Waals surface area (Å²) in [4.78, 5) is 38.0. The van der Waals surface area contributed by atoms with E-state index in [4.69, 9.17) is 9.47 Å². The summed E-state index contributed by atoms with van der Waals surface area (Å²) in [7, 11) is 0. The van der Waals surface area contributed by atoms with Gasteiger partial charge in [0.1, 0.15) is 22.9 Å². The molecule has 1 aromatic rings. The third kappa shape index (κ3) is 6.64. The molecule has 1 fully saturated rings. The minimum Gasteiger partial charge on any atom is -0.508 e. The molecule has 30 heavy (non-hydrogen) atoms. The van der Waals surface area contributed by atoms with Gasteiger partial charge >= 0.3 is 12.1 Å². The number of hydrogen-bond acceptors (Lipinski definition) is 6. The van der Waals surface area contributed by atoms with Crippen molar-refractivity contribution < 1.29 is 29.0 Å². The predicted octanol–water partition coefficient (Wildman–Crippen LogP) is 2.82. The van der Waals surface area contributed by atoms with Crippen LogP contribution in [0.3, 0.4) is 0 Å². The topological polar surface area (TPSA) is 114 Å². The maximum Gasteiger partial charge on any atom is 0.408 e. The molecule has 0 spiro atoms. The first-order chi connectivity index (χ1) is 14.0. The molecular weight excluding hydrogens is 388 g/mol. The van der Waals surface area contributed by atoms with Crippen LogP contribution in [-0.4, -0.2) is 46.9 Å². The van der Waals surface area contributed by atoms with E-state index in [2.05, 4.69) is 10.6 Å². The van der Waals surface area contributed by atoms with Gasteiger partial charge < -0.3 is 25.2 Å². The average Bonchev–Trinajstić information content (AvgIpc) is 3.11. The molecule has 0 bridgehead atoms. The van der Waals surface area contributed by atoms with Crippen LogP contribution in [0.5, 0.6) is 5.75 Å². The van der Waals surface area contributed by atoms with E-state index in [9.17, 15) is 19.5 Å². The molecule has 1 aliphatic carbocycles. The van der Waals surface area contributed by atoms with Crippen LogP contribution in [-0.2, 0) is 25.5 Å². The second-order valence-corrected chi connectivity index (χ2v) is 8.56. The third-order valence-corrected chi connectivity index (χ3v) is 4.88.